The van der Waals surface area contributed by atoms with Crippen LogP contribution in [0.25, 0.3) is 6.08 Å². The van der Waals surface area contributed by atoms with E-state index in [1.807, 2.05) is 17.5 Å². The number of carboxylic acid groups (broad SMARTS) is 1. The number of carbonyl (C=O) groups is 3. The number of Topliss-reactive ketones (excluding diaryl/α,β-unsaturated/α-hetero) is 1. The molecule has 2 N–H and O–H groups in total. The number of thiophene rings is 1. The first-order valence-electron chi connectivity index (χ1n) is 7.26. The molecule has 2 aromatic rings. The van der Waals surface area contributed by atoms with Crippen molar-refractivity contribution in [1.82, 2.24) is 5.32 Å². The molecule has 0 saturated carbocycles. The molecule has 0 aliphatic carbocycles. The van der Waals surface area contributed by atoms with Gasteiger partial charge in [0.05, 0.1) is 5.56 Å². The molecule has 7 nitrogen and oxygen atoms in total. The Morgan fingerprint density at radius 1 is 1.32 bits per heavy atom. The first-order valence-corrected chi connectivity index (χ1v) is 8.14. The lowest BCUT2D eigenvalue weighted by Gasteiger charge is -2.07. The van der Waals surface area contributed by atoms with Crippen LogP contribution in [0.2, 0.25) is 0 Å². The molecule has 0 unspecified atom stereocenters. The average Bonchev–Trinajstić information content (AvgIpc) is 3.20. The predicted molar refractivity (Wildman–Crippen MR) is 89.8 cm³/mol. The van der Waals surface area contributed by atoms with E-state index in [0.29, 0.717) is 17.1 Å². The molecule has 0 spiro atoms. The Labute approximate surface area is 146 Å². The highest BCUT2D eigenvalue weighted by Gasteiger charge is 2.27. The van der Waals surface area contributed by atoms with Crippen molar-refractivity contribution in [3.8, 4) is 11.5 Å². The van der Waals surface area contributed by atoms with Gasteiger partial charge in [-0.2, -0.15) is 0 Å². The molecule has 2 heterocycles. The Kier molecular flexibility index (Phi) is 4.80. The molecular formula is C17H13NO6S. The molecule has 25 heavy (non-hydrogen) atoms. The van der Waals surface area contributed by atoms with Gasteiger partial charge in [-0.05, 0) is 23.6 Å². The number of fused-ring (bicyclic) bond motifs is 1. The number of nitrogens with one attached hydrogen (secondary N) is 1. The first kappa shape index (κ1) is 16.7. The van der Waals surface area contributed by atoms with Crippen LogP contribution >= 0.6 is 11.3 Å². The topological polar surface area (TPSA) is 102 Å². The number of hydrogen-bond acceptors (Lipinski definition) is 6. The minimum Gasteiger partial charge on any atom is -0.484 e. The van der Waals surface area contributed by atoms with Crippen LogP contribution < -0.4 is 14.8 Å². The summed E-state index contributed by atoms with van der Waals surface area (Å²) in [7, 11) is 0. The quantitative estimate of drug-likeness (QED) is 0.765. The van der Waals surface area contributed by atoms with Crippen molar-refractivity contribution in [2.24, 2.45) is 0 Å². The number of benzene rings is 1. The van der Waals surface area contributed by atoms with Gasteiger partial charge in [0.25, 0.3) is 5.91 Å². The van der Waals surface area contributed by atoms with Crippen LogP contribution in [0, 0.1) is 0 Å². The maximum absolute atomic E-state index is 12.3. The molecule has 3 rings (SSSR count). The van der Waals surface area contributed by atoms with Gasteiger partial charge < -0.3 is 19.9 Å². The normalized spacial score (nSPS) is 14.1. The van der Waals surface area contributed by atoms with Gasteiger partial charge in [0.15, 0.2) is 12.4 Å². The van der Waals surface area contributed by atoms with Crippen molar-refractivity contribution >= 4 is 35.1 Å². The van der Waals surface area contributed by atoms with Gasteiger partial charge in [0.2, 0.25) is 5.78 Å². The Morgan fingerprint density at radius 2 is 2.16 bits per heavy atom. The van der Waals surface area contributed by atoms with Crippen molar-refractivity contribution in [3.63, 3.8) is 0 Å². The fourth-order valence-corrected chi connectivity index (χ4v) is 2.78. The van der Waals surface area contributed by atoms with Gasteiger partial charge in [-0.3, -0.25) is 14.4 Å². The lowest BCUT2D eigenvalue weighted by molar-refractivity contribution is -0.138. The van der Waals surface area contributed by atoms with Crippen LogP contribution in [0.15, 0.2) is 41.5 Å². The van der Waals surface area contributed by atoms with Crippen LogP contribution in [0.5, 0.6) is 11.5 Å². The van der Waals surface area contributed by atoms with Gasteiger partial charge >= 0.3 is 5.97 Å². The van der Waals surface area contributed by atoms with E-state index in [1.165, 1.54) is 17.4 Å². The van der Waals surface area contributed by atoms with Crippen LogP contribution in [-0.2, 0) is 9.59 Å². The molecule has 0 bridgehead atoms. The van der Waals surface area contributed by atoms with Crippen LogP contribution in [0.3, 0.4) is 0 Å². The smallest absolute Gasteiger partial charge is 0.322 e. The van der Waals surface area contributed by atoms with Crippen LogP contribution in [0.1, 0.15) is 15.2 Å². The maximum Gasteiger partial charge on any atom is 0.322 e. The number of ether oxygens (including phenoxy) is 2. The summed E-state index contributed by atoms with van der Waals surface area (Å²) in [6, 6.07) is 8.40. The number of carbonyl (C=O) groups excluding carboxylic acids is 2. The van der Waals surface area contributed by atoms with E-state index in [4.69, 9.17) is 14.6 Å². The van der Waals surface area contributed by atoms with E-state index < -0.39 is 18.4 Å². The van der Waals surface area contributed by atoms with E-state index in [9.17, 15) is 14.4 Å². The van der Waals surface area contributed by atoms with Gasteiger partial charge in [0.1, 0.15) is 18.0 Å². The molecule has 0 atom stereocenters. The molecule has 0 radical (unpaired) electrons. The standard InChI is InChI=1S/C17H13NO6S/c19-15(18-8-16(20)21)9-23-10-3-4-12-13(6-10)24-14(17(12)22)7-11-2-1-5-25-11/h1-7H,8-9H2,(H,18,19)(H,20,21). The number of ketones is 1. The Bertz CT molecular complexity index is 856. The number of amides is 1. The van der Waals surface area contributed by atoms with E-state index in [-0.39, 0.29) is 18.1 Å². The summed E-state index contributed by atoms with van der Waals surface area (Å²) in [6.45, 7) is -0.807. The summed E-state index contributed by atoms with van der Waals surface area (Å²) in [5, 5.41) is 12.6. The number of rotatable bonds is 6. The second kappa shape index (κ2) is 7.18. The second-order valence-corrected chi connectivity index (χ2v) is 6.05. The van der Waals surface area contributed by atoms with Crippen molar-refractivity contribution in [3.05, 3.63) is 51.9 Å². The minimum absolute atomic E-state index is 0.214. The van der Waals surface area contributed by atoms with E-state index in [2.05, 4.69) is 5.32 Å². The summed E-state index contributed by atoms with van der Waals surface area (Å²) < 4.78 is 10.9. The summed E-state index contributed by atoms with van der Waals surface area (Å²) in [5.74, 6) is -0.977. The highest BCUT2D eigenvalue weighted by atomic mass is 32.1. The lowest BCUT2D eigenvalue weighted by Crippen LogP contribution is -2.33. The Morgan fingerprint density at radius 3 is 2.88 bits per heavy atom. The molecule has 1 aliphatic rings. The lowest BCUT2D eigenvalue weighted by atomic mass is 10.1. The zero-order valence-electron chi connectivity index (χ0n) is 12.9. The van der Waals surface area contributed by atoms with Gasteiger partial charge in [-0.15, -0.1) is 11.3 Å². The third-order valence-corrected chi connectivity index (χ3v) is 4.08. The summed E-state index contributed by atoms with van der Waals surface area (Å²) in [5.41, 5.74) is 0.422. The fraction of sp³-hybridized carbons (Fsp3) is 0.118. The van der Waals surface area contributed by atoms with Crippen LogP contribution in [-0.4, -0.2) is 35.9 Å². The molecule has 0 saturated heterocycles. The van der Waals surface area contributed by atoms with Crippen LogP contribution in [0.4, 0.5) is 0 Å². The SMILES string of the molecule is O=C(O)CNC(=O)COc1ccc2c(c1)OC(=Cc1cccs1)C2=O. The molecule has 8 heteroatoms. The highest BCUT2D eigenvalue weighted by Crippen LogP contribution is 2.35. The summed E-state index contributed by atoms with van der Waals surface area (Å²) in [6.07, 6.45) is 1.67. The maximum atomic E-state index is 12.3. The van der Waals surface area contributed by atoms with E-state index in [1.54, 1.807) is 18.2 Å². The number of carboxylic acids is 1. The zero-order valence-corrected chi connectivity index (χ0v) is 13.7. The monoisotopic (exact) mass is 359 g/mol. The van der Waals surface area contributed by atoms with E-state index in [0.717, 1.165) is 4.88 Å². The van der Waals surface area contributed by atoms with Crippen molar-refractivity contribution in [1.29, 1.82) is 0 Å². The number of aliphatic carboxylic acids is 1. The van der Waals surface area contributed by atoms with Gasteiger partial charge in [-0.25, -0.2) is 0 Å². The summed E-state index contributed by atoms with van der Waals surface area (Å²) in [4.78, 5) is 35.0. The average molecular weight is 359 g/mol. The van der Waals surface area contributed by atoms with Gasteiger partial charge in [0, 0.05) is 17.0 Å². The second-order valence-electron chi connectivity index (χ2n) is 5.07. The Balaban J connectivity index is 1.65. The third kappa shape index (κ3) is 4.04. The van der Waals surface area contributed by atoms with Crippen molar-refractivity contribution in [2.75, 3.05) is 13.2 Å². The highest BCUT2D eigenvalue weighted by molar-refractivity contribution is 7.10. The zero-order chi connectivity index (χ0) is 17.8. The minimum atomic E-state index is -1.14. The molecule has 1 aliphatic heterocycles. The molecule has 128 valence electrons. The molecule has 1 amide bonds. The molecular weight excluding hydrogens is 346 g/mol. The number of hydrogen-bond donors (Lipinski definition) is 2. The third-order valence-electron chi connectivity index (χ3n) is 3.26. The molecule has 1 aromatic heterocycles. The predicted octanol–water partition coefficient (Wildman–Crippen LogP) is 1.94. The fourth-order valence-electron chi connectivity index (χ4n) is 2.13. The first-order chi connectivity index (χ1) is 12.0. The molecule has 0 fully saturated rings. The van der Waals surface area contributed by atoms with E-state index >= 15 is 0 Å². The van der Waals surface area contributed by atoms with Crippen molar-refractivity contribution in [2.45, 2.75) is 0 Å². The Hall–Kier alpha value is -3.13. The van der Waals surface area contributed by atoms with Crippen molar-refractivity contribution < 1.29 is 29.0 Å². The van der Waals surface area contributed by atoms with Gasteiger partial charge in [-0.1, -0.05) is 6.07 Å². The molecule has 1 aromatic carbocycles. The largest absolute Gasteiger partial charge is 0.484 e. The summed E-state index contributed by atoms with van der Waals surface area (Å²) >= 11 is 1.49. The number of allylic oxidation sites excluding steroid dienone is 1.